The average molecular weight is 169 g/mol. The van der Waals surface area contributed by atoms with Crippen LogP contribution in [-0.2, 0) is 0 Å². The molecule has 1 aliphatic rings. The zero-order valence-electron chi connectivity index (χ0n) is 5.03. The standard InChI is InChI=1S/C5H10Cl2N2/c6-8-4-2-1-3-5(4)9-7/h4-5,8-9H,1-3H2. The minimum absolute atomic E-state index is 0.351. The molecule has 54 valence electrons. The highest BCUT2D eigenvalue weighted by atomic mass is 35.5. The molecule has 2 atom stereocenters. The lowest BCUT2D eigenvalue weighted by Gasteiger charge is -2.13. The van der Waals surface area contributed by atoms with E-state index in [1.807, 2.05) is 0 Å². The lowest BCUT2D eigenvalue weighted by Crippen LogP contribution is -2.36. The third-order valence-corrected chi connectivity index (χ3v) is 2.36. The molecule has 0 aromatic rings. The van der Waals surface area contributed by atoms with Gasteiger partial charge in [-0.2, -0.15) is 0 Å². The highest BCUT2D eigenvalue weighted by Gasteiger charge is 2.25. The Labute approximate surface area is 65.1 Å². The van der Waals surface area contributed by atoms with E-state index >= 15 is 0 Å². The Morgan fingerprint density at radius 2 is 1.44 bits per heavy atom. The molecule has 2 unspecified atom stereocenters. The number of rotatable bonds is 2. The van der Waals surface area contributed by atoms with Crippen LogP contribution in [0.1, 0.15) is 19.3 Å². The van der Waals surface area contributed by atoms with Gasteiger partial charge in [-0.05, 0) is 36.4 Å². The molecule has 1 rings (SSSR count). The monoisotopic (exact) mass is 168 g/mol. The predicted molar refractivity (Wildman–Crippen MR) is 39.4 cm³/mol. The van der Waals surface area contributed by atoms with Gasteiger partial charge in [-0.3, -0.25) is 0 Å². The predicted octanol–water partition coefficient (Wildman–Crippen LogP) is 1.39. The first-order valence-corrected chi connectivity index (χ1v) is 3.86. The summed E-state index contributed by atoms with van der Waals surface area (Å²) in [5.74, 6) is 0. The van der Waals surface area contributed by atoms with E-state index in [9.17, 15) is 0 Å². The summed E-state index contributed by atoms with van der Waals surface area (Å²) in [7, 11) is 0. The van der Waals surface area contributed by atoms with Gasteiger partial charge in [-0.25, -0.2) is 9.67 Å². The summed E-state index contributed by atoms with van der Waals surface area (Å²) in [4.78, 5) is 5.38. The molecule has 0 saturated heterocycles. The maximum absolute atomic E-state index is 5.43. The van der Waals surface area contributed by atoms with Gasteiger partial charge in [-0.15, -0.1) is 0 Å². The third kappa shape index (κ3) is 1.71. The van der Waals surface area contributed by atoms with Gasteiger partial charge in [0.05, 0.1) is 0 Å². The van der Waals surface area contributed by atoms with Gasteiger partial charge in [0.25, 0.3) is 0 Å². The van der Waals surface area contributed by atoms with E-state index in [1.165, 1.54) is 6.42 Å². The van der Waals surface area contributed by atoms with E-state index in [1.54, 1.807) is 0 Å². The van der Waals surface area contributed by atoms with Gasteiger partial charge in [-0.1, -0.05) is 6.42 Å². The fraction of sp³-hybridized carbons (Fsp3) is 1.00. The topological polar surface area (TPSA) is 24.1 Å². The summed E-state index contributed by atoms with van der Waals surface area (Å²) in [6.45, 7) is 0. The molecule has 9 heavy (non-hydrogen) atoms. The van der Waals surface area contributed by atoms with Gasteiger partial charge in [0.2, 0.25) is 0 Å². The van der Waals surface area contributed by atoms with Crippen LogP contribution in [0.5, 0.6) is 0 Å². The van der Waals surface area contributed by atoms with Crippen LogP contribution in [0.2, 0.25) is 0 Å². The van der Waals surface area contributed by atoms with Crippen molar-refractivity contribution in [1.82, 2.24) is 9.67 Å². The van der Waals surface area contributed by atoms with Gasteiger partial charge in [0.15, 0.2) is 0 Å². The fourth-order valence-corrected chi connectivity index (χ4v) is 1.74. The zero-order chi connectivity index (χ0) is 6.69. The molecule has 2 nitrogen and oxygen atoms in total. The Kier molecular flexibility index (Phi) is 3.06. The minimum atomic E-state index is 0.351. The first kappa shape index (κ1) is 7.61. The number of hydrogen-bond acceptors (Lipinski definition) is 2. The largest absolute Gasteiger partial charge is 0.229 e. The quantitative estimate of drug-likeness (QED) is 0.610. The molecule has 0 aliphatic heterocycles. The molecule has 0 amide bonds. The number of halogens is 2. The Balaban J connectivity index is 2.32. The maximum atomic E-state index is 5.43. The van der Waals surface area contributed by atoms with Crippen LogP contribution in [0, 0.1) is 0 Å². The number of nitrogens with one attached hydrogen (secondary N) is 2. The Bertz CT molecular complexity index is 79.0. The van der Waals surface area contributed by atoms with E-state index in [-0.39, 0.29) is 0 Å². The average Bonchev–Trinajstić information content (AvgIpc) is 2.33. The second kappa shape index (κ2) is 3.62. The van der Waals surface area contributed by atoms with E-state index in [2.05, 4.69) is 9.67 Å². The summed E-state index contributed by atoms with van der Waals surface area (Å²) in [6, 6.07) is 0.702. The Morgan fingerprint density at radius 3 is 1.78 bits per heavy atom. The van der Waals surface area contributed by atoms with Gasteiger partial charge in [0.1, 0.15) is 0 Å². The summed E-state index contributed by atoms with van der Waals surface area (Å²) in [5.41, 5.74) is 0. The highest BCUT2D eigenvalue weighted by molar-refractivity contribution is 6.14. The molecule has 0 heterocycles. The molecular weight excluding hydrogens is 159 g/mol. The fourth-order valence-electron chi connectivity index (χ4n) is 1.22. The third-order valence-electron chi connectivity index (χ3n) is 1.80. The Morgan fingerprint density at radius 1 is 1.00 bits per heavy atom. The summed E-state index contributed by atoms with van der Waals surface area (Å²) in [6.07, 6.45) is 3.44. The second-order valence-corrected chi connectivity index (χ2v) is 2.80. The van der Waals surface area contributed by atoms with Crippen molar-refractivity contribution in [2.24, 2.45) is 0 Å². The van der Waals surface area contributed by atoms with Crippen molar-refractivity contribution in [2.75, 3.05) is 0 Å². The van der Waals surface area contributed by atoms with Crippen LogP contribution >= 0.6 is 23.6 Å². The van der Waals surface area contributed by atoms with E-state index < -0.39 is 0 Å². The SMILES string of the molecule is ClNC1CCCC1NCl. The van der Waals surface area contributed by atoms with Crippen molar-refractivity contribution in [1.29, 1.82) is 0 Å². The molecule has 4 heteroatoms. The van der Waals surface area contributed by atoms with E-state index in [4.69, 9.17) is 23.6 Å². The Hall–Kier alpha value is 0.500. The first-order chi connectivity index (χ1) is 4.38. The van der Waals surface area contributed by atoms with Crippen LogP contribution in [0.3, 0.4) is 0 Å². The van der Waals surface area contributed by atoms with Crippen LogP contribution in [0.25, 0.3) is 0 Å². The van der Waals surface area contributed by atoms with Crippen LogP contribution in [-0.4, -0.2) is 12.1 Å². The van der Waals surface area contributed by atoms with E-state index in [0.717, 1.165) is 12.8 Å². The maximum Gasteiger partial charge on any atom is 0.0387 e. The van der Waals surface area contributed by atoms with Crippen LogP contribution in [0.4, 0.5) is 0 Å². The normalized spacial score (nSPS) is 35.3. The summed E-state index contributed by atoms with van der Waals surface area (Å²) >= 11 is 10.9. The van der Waals surface area contributed by atoms with Crippen LogP contribution in [0.15, 0.2) is 0 Å². The molecule has 0 aromatic carbocycles. The summed E-state index contributed by atoms with van der Waals surface area (Å²) < 4.78 is 0. The smallest absolute Gasteiger partial charge is 0.0387 e. The van der Waals surface area contributed by atoms with Crippen molar-refractivity contribution >= 4 is 23.6 Å². The molecule has 1 aliphatic carbocycles. The summed E-state index contributed by atoms with van der Waals surface area (Å²) in [5, 5.41) is 0. The van der Waals surface area contributed by atoms with Gasteiger partial charge >= 0.3 is 0 Å². The van der Waals surface area contributed by atoms with Crippen molar-refractivity contribution in [2.45, 2.75) is 31.3 Å². The minimum Gasteiger partial charge on any atom is -0.229 e. The lowest BCUT2D eigenvalue weighted by molar-refractivity contribution is 0.535. The van der Waals surface area contributed by atoms with Gasteiger partial charge < -0.3 is 0 Å². The molecule has 0 aromatic heterocycles. The van der Waals surface area contributed by atoms with Crippen LogP contribution < -0.4 is 9.67 Å². The molecular formula is C5H10Cl2N2. The first-order valence-electron chi connectivity index (χ1n) is 3.11. The van der Waals surface area contributed by atoms with Crippen molar-refractivity contribution in [3.63, 3.8) is 0 Å². The molecule has 1 saturated carbocycles. The van der Waals surface area contributed by atoms with Gasteiger partial charge in [0, 0.05) is 12.1 Å². The molecule has 0 radical (unpaired) electrons. The molecule has 1 fully saturated rings. The zero-order valence-corrected chi connectivity index (χ0v) is 6.54. The van der Waals surface area contributed by atoms with Crippen molar-refractivity contribution < 1.29 is 0 Å². The lowest BCUT2D eigenvalue weighted by atomic mass is 10.2. The molecule has 2 N–H and O–H groups in total. The second-order valence-electron chi connectivity index (χ2n) is 2.36. The van der Waals surface area contributed by atoms with E-state index in [0.29, 0.717) is 12.1 Å². The van der Waals surface area contributed by atoms with Crippen molar-refractivity contribution in [3.05, 3.63) is 0 Å². The molecule has 0 bridgehead atoms. The van der Waals surface area contributed by atoms with Crippen molar-refractivity contribution in [3.8, 4) is 0 Å². The number of hydrogen-bond donors (Lipinski definition) is 2. The molecule has 0 spiro atoms. The highest BCUT2D eigenvalue weighted by Crippen LogP contribution is 2.19.